The van der Waals surface area contributed by atoms with Crippen molar-refractivity contribution < 1.29 is 56.8 Å². The molecule has 16 heteroatoms. The molecule has 0 amide bonds. The smallest absolute Gasteiger partial charge is 0.189 e. The van der Waals surface area contributed by atoms with Crippen LogP contribution in [0.3, 0.4) is 0 Å². The van der Waals surface area contributed by atoms with Crippen LogP contribution in [-0.2, 0) is 37.9 Å². The molecule has 0 atom stereocenters. The van der Waals surface area contributed by atoms with E-state index < -0.39 is 0 Å². The maximum absolute atomic E-state index is 6.16. The molecule has 0 radical (unpaired) electrons. The number of methoxy groups -OCH3 is 4. The first-order valence-electron chi connectivity index (χ1n) is 22.9. The molecule has 0 aliphatic heterocycles. The highest BCUT2D eigenvalue weighted by Crippen LogP contribution is 2.48. The van der Waals surface area contributed by atoms with E-state index in [1.165, 1.54) is 0 Å². The molecule has 0 aliphatic carbocycles. The first-order valence-corrected chi connectivity index (χ1v) is 26.1. The lowest BCUT2D eigenvalue weighted by atomic mass is 9.92. The number of halogens is 4. The topological polar surface area (TPSA) is 111 Å². The minimum atomic E-state index is 0.102. The van der Waals surface area contributed by atoms with Crippen molar-refractivity contribution >= 4 is 107 Å². The third-order valence-electron chi connectivity index (χ3n) is 11.2. The summed E-state index contributed by atoms with van der Waals surface area (Å²) in [5.74, 6) is 2.79. The second-order valence-electron chi connectivity index (χ2n) is 15.9. The quantitative estimate of drug-likeness (QED) is 0.0380. The molecule has 380 valence electrons. The van der Waals surface area contributed by atoms with E-state index >= 15 is 0 Å². The van der Waals surface area contributed by atoms with Crippen molar-refractivity contribution in [2.75, 3.05) is 108 Å². The van der Waals surface area contributed by atoms with Gasteiger partial charge in [-0.3, -0.25) is 0 Å². The molecule has 0 N–H and O–H groups in total. The van der Waals surface area contributed by atoms with E-state index in [-0.39, 0.29) is 27.2 Å². The molecule has 0 heterocycles. The SMILES string of the molecule is COCCOCOc1ccc2cc(Br)ccc2c1-c1c(OCOCCOC)ccc2cc(Br)ccc12.COCCOCOc1ccc2cc(Br)ccc2c1-c1c(OCOCCOC)ccc2cc(Br)ccc12. The van der Waals surface area contributed by atoms with Crippen molar-refractivity contribution in [3.8, 4) is 45.3 Å². The minimum Gasteiger partial charge on any atom is -0.467 e. The molecular formula is C56H56Br4O12. The Labute approximate surface area is 453 Å². The number of ether oxygens (including phenoxy) is 12. The molecule has 72 heavy (non-hydrogen) atoms. The molecule has 8 aromatic rings. The molecule has 0 spiro atoms. The van der Waals surface area contributed by atoms with Gasteiger partial charge in [0.05, 0.1) is 52.9 Å². The number of benzene rings is 8. The second kappa shape index (κ2) is 28.9. The second-order valence-corrected chi connectivity index (χ2v) is 19.5. The predicted molar refractivity (Wildman–Crippen MR) is 298 cm³/mol. The van der Waals surface area contributed by atoms with Gasteiger partial charge >= 0.3 is 0 Å². The summed E-state index contributed by atoms with van der Waals surface area (Å²) in [6.07, 6.45) is 0. The highest BCUT2D eigenvalue weighted by molar-refractivity contribution is 9.11. The molecule has 0 aromatic heterocycles. The monoisotopic (exact) mass is 1240 g/mol. The zero-order valence-electron chi connectivity index (χ0n) is 40.4. The fourth-order valence-corrected chi connectivity index (χ4v) is 9.38. The Morgan fingerprint density at radius 2 is 0.500 bits per heavy atom. The summed E-state index contributed by atoms with van der Waals surface area (Å²) in [5.41, 5.74) is 3.70. The first kappa shape index (κ1) is 55.4. The lowest BCUT2D eigenvalue weighted by molar-refractivity contribution is -0.00904. The van der Waals surface area contributed by atoms with Crippen molar-refractivity contribution in [1.82, 2.24) is 0 Å². The minimum absolute atomic E-state index is 0.102. The van der Waals surface area contributed by atoms with E-state index in [4.69, 9.17) is 56.8 Å². The van der Waals surface area contributed by atoms with Gasteiger partial charge < -0.3 is 56.8 Å². The third kappa shape index (κ3) is 14.9. The summed E-state index contributed by atoms with van der Waals surface area (Å²) in [7, 11) is 6.57. The zero-order chi connectivity index (χ0) is 50.7. The lowest BCUT2D eigenvalue weighted by Gasteiger charge is -2.20. The third-order valence-corrected chi connectivity index (χ3v) is 13.2. The first-order chi connectivity index (χ1) is 35.2. The van der Waals surface area contributed by atoms with E-state index in [1.54, 1.807) is 28.4 Å². The van der Waals surface area contributed by atoms with Crippen molar-refractivity contribution in [3.05, 3.63) is 139 Å². The van der Waals surface area contributed by atoms with E-state index in [9.17, 15) is 0 Å². The fraction of sp³-hybridized carbons (Fsp3) is 0.286. The van der Waals surface area contributed by atoms with Gasteiger partial charge in [0.1, 0.15) is 23.0 Å². The van der Waals surface area contributed by atoms with E-state index in [0.717, 1.165) is 83.2 Å². The Morgan fingerprint density at radius 3 is 0.708 bits per heavy atom. The largest absolute Gasteiger partial charge is 0.467 e. The van der Waals surface area contributed by atoms with Crippen molar-refractivity contribution in [2.45, 2.75) is 0 Å². The molecule has 8 aromatic carbocycles. The molecule has 0 saturated carbocycles. The molecule has 8 rings (SSSR count). The Morgan fingerprint density at radius 1 is 0.278 bits per heavy atom. The van der Waals surface area contributed by atoms with Crippen molar-refractivity contribution in [1.29, 1.82) is 0 Å². The standard InChI is InChI=1S/2C28H28Br2O6/c2*1-31-11-13-33-17-35-25-9-3-19-15-21(29)5-7-23(19)27(25)28-24-8-6-22(30)16-20(24)4-10-26(28)36-18-34-14-12-32-2/h2*3-10,15-16H,11-14,17-18H2,1-2H3. The zero-order valence-corrected chi connectivity index (χ0v) is 46.8. The van der Waals surface area contributed by atoms with Gasteiger partial charge in [0.25, 0.3) is 0 Å². The number of rotatable bonds is 26. The van der Waals surface area contributed by atoms with Crippen LogP contribution in [0.25, 0.3) is 65.3 Å². The summed E-state index contributed by atoms with van der Waals surface area (Å²) >= 11 is 14.4. The van der Waals surface area contributed by atoms with Crippen LogP contribution in [0.1, 0.15) is 0 Å². The van der Waals surface area contributed by atoms with Gasteiger partial charge in [-0.05, 0) is 116 Å². The molecule has 0 fully saturated rings. The van der Waals surface area contributed by atoms with Crippen LogP contribution in [0, 0.1) is 0 Å². The average Bonchev–Trinajstić information content (AvgIpc) is 3.38. The molecule has 12 nitrogen and oxygen atoms in total. The Balaban J connectivity index is 0.000000211. The maximum Gasteiger partial charge on any atom is 0.189 e. The van der Waals surface area contributed by atoms with E-state index in [1.807, 2.05) is 72.8 Å². The van der Waals surface area contributed by atoms with Gasteiger partial charge in [-0.1, -0.05) is 112 Å². The van der Waals surface area contributed by atoms with Crippen molar-refractivity contribution in [2.24, 2.45) is 0 Å². The lowest BCUT2D eigenvalue weighted by Crippen LogP contribution is -2.09. The van der Waals surface area contributed by atoms with Crippen LogP contribution in [-0.4, -0.2) is 108 Å². The molecule has 0 unspecified atom stereocenters. The summed E-state index contributed by atoms with van der Waals surface area (Å²) in [6, 6.07) is 40.9. The molecule has 0 bridgehead atoms. The maximum atomic E-state index is 6.16. The van der Waals surface area contributed by atoms with Crippen LogP contribution in [0.4, 0.5) is 0 Å². The normalized spacial score (nSPS) is 11.3. The van der Waals surface area contributed by atoms with Gasteiger partial charge in [0.15, 0.2) is 27.2 Å². The number of fused-ring (bicyclic) bond motifs is 4. The summed E-state index contributed by atoms with van der Waals surface area (Å²) < 4.78 is 71.4. The Bertz CT molecular complexity index is 2620. The summed E-state index contributed by atoms with van der Waals surface area (Å²) in [5, 5.41) is 8.43. The van der Waals surface area contributed by atoms with Crippen LogP contribution >= 0.6 is 63.7 Å². The van der Waals surface area contributed by atoms with Crippen molar-refractivity contribution in [3.63, 3.8) is 0 Å². The number of hydrogen-bond donors (Lipinski definition) is 0. The fourth-order valence-electron chi connectivity index (χ4n) is 7.86. The Hall–Kier alpha value is -4.40. The van der Waals surface area contributed by atoms with Gasteiger partial charge in [-0.2, -0.15) is 0 Å². The van der Waals surface area contributed by atoms with Gasteiger partial charge in [-0.15, -0.1) is 0 Å². The predicted octanol–water partition coefficient (Wildman–Crippen LogP) is 14.4. The van der Waals surface area contributed by atoms with Crippen LogP contribution < -0.4 is 18.9 Å². The van der Waals surface area contributed by atoms with E-state index in [0.29, 0.717) is 75.9 Å². The molecule has 0 saturated heterocycles. The van der Waals surface area contributed by atoms with Crippen LogP contribution in [0.2, 0.25) is 0 Å². The average molecular weight is 1240 g/mol. The van der Waals surface area contributed by atoms with Crippen LogP contribution in [0.15, 0.2) is 139 Å². The highest BCUT2D eigenvalue weighted by atomic mass is 79.9. The van der Waals surface area contributed by atoms with Gasteiger partial charge in [0, 0.05) is 68.6 Å². The summed E-state index contributed by atoms with van der Waals surface area (Å²) in [4.78, 5) is 0. The van der Waals surface area contributed by atoms with E-state index in [2.05, 4.69) is 112 Å². The Kier molecular flexibility index (Phi) is 22.2. The molecule has 0 aliphatic rings. The van der Waals surface area contributed by atoms with Gasteiger partial charge in [0.2, 0.25) is 0 Å². The summed E-state index contributed by atoms with van der Waals surface area (Å²) in [6.45, 7) is 4.20. The highest BCUT2D eigenvalue weighted by Gasteiger charge is 2.22. The van der Waals surface area contributed by atoms with Crippen LogP contribution in [0.5, 0.6) is 23.0 Å². The van der Waals surface area contributed by atoms with Gasteiger partial charge in [-0.25, -0.2) is 0 Å². The molecular weight excluding hydrogens is 1180 g/mol. The number of hydrogen-bond acceptors (Lipinski definition) is 12.